The molecule has 0 saturated carbocycles. The average molecular weight is 458 g/mol. The van der Waals surface area contributed by atoms with Gasteiger partial charge in [0.25, 0.3) is 5.91 Å². The largest absolute Gasteiger partial charge is 0.354 e. The molecule has 1 amide bonds. The highest BCUT2D eigenvalue weighted by molar-refractivity contribution is 7.98. The molecule has 1 aromatic heterocycles. The maximum absolute atomic E-state index is 12.9. The van der Waals surface area contributed by atoms with Crippen LogP contribution < -0.4 is 10.2 Å². The lowest BCUT2D eigenvalue weighted by molar-refractivity contribution is 0.0948. The molecule has 33 heavy (non-hydrogen) atoms. The summed E-state index contributed by atoms with van der Waals surface area (Å²) in [6.45, 7) is 4.49. The predicted molar refractivity (Wildman–Crippen MR) is 132 cm³/mol. The number of carbonyl (C=O) groups is 1. The van der Waals surface area contributed by atoms with Crippen molar-refractivity contribution in [3.8, 4) is 6.07 Å². The van der Waals surface area contributed by atoms with E-state index in [0.29, 0.717) is 17.7 Å². The van der Waals surface area contributed by atoms with E-state index in [0.717, 1.165) is 53.8 Å². The number of hydrogen-bond donors (Lipinski definition) is 1. The molecule has 2 aromatic carbocycles. The first-order valence-corrected chi connectivity index (χ1v) is 12.0. The molecule has 0 spiro atoms. The molecule has 6 nitrogen and oxygen atoms in total. The van der Waals surface area contributed by atoms with Crippen molar-refractivity contribution in [1.29, 1.82) is 5.26 Å². The zero-order valence-corrected chi connectivity index (χ0v) is 19.5. The van der Waals surface area contributed by atoms with Gasteiger partial charge in [0.2, 0.25) is 0 Å². The highest BCUT2D eigenvalue weighted by Crippen LogP contribution is 2.26. The van der Waals surface area contributed by atoms with Crippen LogP contribution in [0.1, 0.15) is 27.0 Å². The molecule has 0 atom stereocenters. The number of pyridine rings is 1. The summed E-state index contributed by atoms with van der Waals surface area (Å²) in [6.07, 6.45) is 1.85. The number of anilines is 1. The Morgan fingerprint density at radius 1 is 1.03 bits per heavy atom. The number of hydrogen-bond acceptors (Lipinski definition) is 6. The standard InChI is InChI=1S/C26H27N5OS/c1-30-12-14-31(15-13-30)25-11-10-22(17-28-25)18-29-26(32)23-4-2-3-5-24(23)33-19-21-8-6-20(16-27)7-9-21/h2-11,17H,12-15,18-19H2,1H3,(H,29,32). The molecule has 7 heteroatoms. The smallest absolute Gasteiger partial charge is 0.252 e. The van der Waals surface area contributed by atoms with Crippen molar-refractivity contribution in [2.75, 3.05) is 38.1 Å². The molecular formula is C26H27N5OS. The van der Waals surface area contributed by atoms with E-state index in [1.807, 2.05) is 66.9 Å². The highest BCUT2D eigenvalue weighted by atomic mass is 32.2. The first kappa shape index (κ1) is 22.8. The second-order valence-electron chi connectivity index (χ2n) is 8.09. The highest BCUT2D eigenvalue weighted by Gasteiger charge is 2.15. The van der Waals surface area contributed by atoms with E-state index >= 15 is 0 Å². The number of nitrogens with one attached hydrogen (secondary N) is 1. The molecule has 3 aromatic rings. The summed E-state index contributed by atoms with van der Waals surface area (Å²) in [5.74, 6) is 1.62. The van der Waals surface area contributed by atoms with Crippen LogP contribution in [-0.2, 0) is 12.3 Å². The molecule has 1 fully saturated rings. The summed E-state index contributed by atoms with van der Waals surface area (Å²) < 4.78 is 0. The lowest BCUT2D eigenvalue weighted by Crippen LogP contribution is -2.44. The number of carbonyl (C=O) groups excluding carboxylic acids is 1. The lowest BCUT2D eigenvalue weighted by atomic mass is 10.2. The monoisotopic (exact) mass is 457 g/mol. The fourth-order valence-corrected chi connectivity index (χ4v) is 4.64. The Morgan fingerprint density at radius 2 is 1.76 bits per heavy atom. The van der Waals surface area contributed by atoms with Gasteiger partial charge in [-0.3, -0.25) is 4.79 Å². The lowest BCUT2D eigenvalue weighted by Gasteiger charge is -2.33. The van der Waals surface area contributed by atoms with Crippen LogP contribution in [0.2, 0.25) is 0 Å². The Morgan fingerprint density at radius 3 is 2.45 bits per heavy atom. The Kier molecular flexibility index (Phi) is 7.61. The maximum Gasteiger partial charge on any atom is 0.252 e. The van der Waals surface area contributed by atoms with Gasteiger partial charge < -0.3 is 15.1 Å². The van der Waals surface area contributed by atoms with Crippen LogP contribution in [0.15, 0.2) is 71.8 Å². The Labute approximate surface area is 199 Å². The van der Waals surface area contributed by atoms with Gasteiger partial charge in [0.05, 0.1) is 17.2 Å². The van der Waals surface area contributed by atoms with E-state index in [2.05, 4.69) is 33.2 Å². The molecule has 1 aliphatic rings. The van der Waals surface area contributed by atoms with Crippen molar-refractivity contribution in [2.45, 2.75) is 17.2 Å². The third-order valence-electron chi connectivity index (χ3n) is 5.70. The van der Waals surface area contributed by atoms with Crippen LogP contribution >= 0.6 is 11.8 Å². The molecule has 4 rings (SSSR count). The number of amides is 1. The second-order valence-corrected chi connectivity index (χ2v) is 9.11. The SMILES string of the molecule is CN1CCN(c2ccc(CNC(=O)c3ccccc3SCc3ccc(C#N)cc3)cn2)CC1. The third kappa shape index (κ3) is 6.13. The zero-order valence-electron chi connectivity index (χ0n) is 18.7. The van der Waals surface area contributed by atoms with Gasteiger partial charge in [-0.2, -0.15) is 5.26 Å². The van der Waals surface area contributed by atoms with Crippen LogP contribution in [-0.4, -0.2) is 49.0 Å². The number of rotatable bonds is 7. The van der Waals surface area contributed by atoms with Crippen molar-refractivity contribution >= 4 is 23.5 Å². The van der Waals surface area contributed by atoms with Crippen LogP contribution in [0.4, 0.5) is 5.82 Å². The van der Waals surface area contributed by atoms with E-state index in [1.165, 1.54) is 0 Å². The van der Waals surface area contributed by atoms with Crippen LogP contribution in [0, 0.1) is 11.3 Å². The van der Waals surface area contributed by atoms with Gasteiger partial charge in [-0.15, -0.1) is 11.8 Å². The van der Waals surface area contributed by atoms with Crippen molar-refractivity contribution in [2.24, 2.45) is 0 Å². The number of nitrogens with zero attached hydrogens (tertiary/aromatic N) is 4. The maximum atomic E-state index is 12.9. The minimum Gasteiger partial charge on any atom is -0.354 e. The Balaban J connectivity index is 1.33. The van der Waals surface area contributed by atoms with E-state index < -0.39 is 0 Å². The average Bonchev–Trinajstić information content (AvgIpc) is 2.87. The fraction of sp³-hybridized carbons (Fsp3) is 0.269. The number of nitriles is 1. The number of piperazine rings is 1. The molecule has 1 N–H and O–H groups in total. The van der Waals surface area contributed by atoms with Gasteiger partial charge in [0, 0.05) is 49.6 Å². The molecular weight excluding hydrogens is 430 g/mol. The van der Waals surface area contributed by atoms with E-state index in [4.69, 9.17) is 5.26 Å². The quantitative estimate of drug-likeness (QED) is 0.542. The Hall–Kier alpha value is -3.34. The van der Waals surface area contributed by atoms with Gasteiger partial charge in [0.1, 0.15) is 5.82 Å². The molecule has 0 unspecified atom stereocenters. The molecule has 2 heterocycles. The Bertz CT molecular complexity index is 1120. The van der Waals surface area contributed by atoms with Gasteiger partial charge in [0.15, 0.2) is 0 Å². The zero-order chi connectivity index (χ0) is 23.0. The first-order chi connectivity index (χ1) is 16.1. The number of thioether (sulfide) groups is 1. The second kappa shape index (κ2) is 11.0. The van der Waals surface area contributed by atoms with Gasteiger partial charge in [-0.1, -0.05) is 30.3 Å². The fourth-order valence-electron chi connectivity index (χ4n) is 3.64. The summed E-state index contributed by atoms with van der Waals surface area (Å²) in [5.41, 5.74) is 3.40. The van der Waals surface area contributed by atoms with Gasteiger partial charge in [-0.05, 0) is 48.5 Å². The molecule has 0 bridgehead atoms. The van der Waals surface area contributed by atoms with E-state index in [-0.39, 0.29) is 5.91 Å². The summed E-state index contributed by atoms with van der Waals surface area (Å²) in [4.78, 5) is 23.0. The normalized spacial score (nSPS) is 14.0. The summed E-state index contributed by atoms with van der Waals surface area (Å²) in [5, 5.41) is 12.0. The van der Waals surface area contributed by atoms with Crippen molar-refractivity contribution in [3.63, 3.8) is 0 Å². The third-order valence-corrected chi connectivity index (χ3v) is 6.84. The van der Waals surface area contributed by atoms with E-state index in [9.17, 15) is 4.79 Å². The molecule has 168 valence electrons. The van der Waals surface area contributed by atoms with Crippen LogP contribution in [0.25, 0.3) is 0 Å². The minimum absolute atomic E-state index is 0.0962. The first-order valence-electron chi connectivity index (χ1n) is 11.0. The van der Waals surface area contributed by atoms with Crippen LogP contribution in [0.5, 0.6) is 0 Å². The number of benzene rings is 2. The van der Waals surface area contributed by atoms with Crippen molar-refractivity contribution in [1.82, 2.24) is 15.2 Å². The molecule has 1 aliphatic heterocycles. The molecule has 0 aliphatic carbocycles. The van der Waals surface area contributed by atoms with Crippen LogP contribution in [0.3, 0.4) is 0 Å². The van der Waals surface area contributed by atoms with Gasteiger partial charge in [-0.25, -0.2) is 4.98 Å². The molecule has 0 radical (unpaired) electrons. The summed E-state index contributed by atoms with van der Waals surface area (Å²) >= 11 is 1.62. The molecule has 1 saturated heterocycles. The van der Waals surface area contributed by atoms with Crippen molar-refractivity contribution in [3.05, 3.63) is 89.1 Å². The summed E-state index contributed by atoms with van der Waals surface area (Å²) in [6, 6.07) is 21.4. The number of likely N-dealkylation sites (N-methyl/N-ethyl adjacent to an activating group) is 1. The minimum atomic E-state index is -0.0962. The summed E-state index contributed by atoms with van der Waals surface area (Å²) in [7, 11) is 2.14. The van der Waals surface area contributed by atoms with Crippen molar-refractivity contribution < 1.29 is 4.79 Å². The van der Waals surface area contributed by atoms with Gasteiger partial charge >= 0.3 is 0 Å². The van der Waals surface area contributed by atoms with E-state index in [1.54, 1.807) is 11.8 Å². The number of aromatic nitrogens is 1. The topological polar surface area (TPSA) is 72.3 Å². The predicted octanol–water partition coefficient (Wildman–Crippen LogP) is 3.93.